The first kappa shape index (κ1) is 19.4. The number of nitrogens with zero attached hydrogens (tertiary/aromatic N) is 1. The van der Waals surface area contributed by atoms with Crippen molar-refractivity contribution in [2.45, 2.75) is 25.8 Å². The molecule has 8 nitrogen and oxygen atoms in total. The Kier molecular flexibility index (Phi) is 6.26. The van der Waals surface area contributed by atoms with E-state index in [1.54, 1.807) is 0 Å². The van der Waals surface area contributed by atoms with Crippen molar-refractivity contribution in [3.05, 3.63) is 30.1 Å². The zero-order valence-corrected chi connectivity index (χ0v) is 14.2. The molecule has 2 atom stereocenters. The number of halogens is 1. The van der Waals surface area contributed by atoms with Crippen LogP contribution in [-0.2, 0) is 19.2 Å². The molecule has 3 N–H and O–H groups in total. The number of rotatable bonds is 7. The van der Waals surface area contributed by atoms with Crippen molar-refractivity contribution < 1.29 is 28.7 Å². The van der Waals surface area contributed by atoms with Gasteiger partial charge in [-0.2, -0.15) is 0 Å². The quantitative estimate of drug-likeness (QED) is 0.642. The van der Waals surface area contributed by atoms with Gasteiger partial charge in [-0.15, -0.1) is 0 Å². The lowest BCUT2D eigenvalue weighted by molar-refractivity contribution is -0.137. The number of anilines is 1. The summed E-state index contributed by atoms with van der Waals surface area (Å²) in [5, 5.41) is 13.5. The average molecular weight is 365 g/mol. The van der Waals surface area contributed by atoms with Crippen LogP contribution >= 0.6 is 0 Å². The molecular formula is C17H20FN3O5. The molecule has 0 aromatic heterocycles. The maximum Gasteiger partial charge on any atom is 0.305 e. The van der Waals surface area contributed by atoms with Crippen LogP contribution in [0.25, 0.3) is 0 Å². The van der Waals surface area contributed by atoms with Crippen molar-refractivity contribution in [1.29, 1.82) is 0 Å². The first-order valence-corrected chi connectivity index (χ1v) is 8.13. The Bertz CT molecular complexity index is 707. The van der Waals surface area contributed by atoms with E-state index in [1.807, 2.05) is 0 Å². The summed E-state index contributed by atoms with van der Waals surface area (Å²) in [6.07, 6.45) is -0.216. The molecular weight excluding hydrogens is 345 g/mol. The molecule has 1 aliphatic heterocycles. The zero-order valence-electron chi connectivity index (χ0n) is 14.2. The standard InChI is InChI=1S/C17H20FN3O5/c1-10(16(25)19-7-6-15(23)24)20-17(26)11-8-14(22)21(9-11)13-4-2-12(18)3-5-13/h2-5,10-11H,6-9H2,1H3,(H,19,25)(H,20,26)(H,23,24)/t10-,11?/m1/s1. The van der Waals surface area contributed by atoms with Gasteiger partial charge in [0, 0.05) is 25.2 Å². The molecule has 1 unspecified atom stereocenters. The second-order valence-electron chi connectivity index (χ2n) is 6.05. The fourth-order valence-corrected chi connectivity index (χ4v) is 2.60. The molecule has 26 heavy (non-hydrogen) atoms. The van der Waals surface area contributed by atoms with Crippen LogP contribution in [0.4, 0.5) is 10.1 Å². The first-order valence-electron chi connectivity index (χ1n) is 8.13. The van der Waals surface area contributed by atoms with E-state index >= 15 is 0 Å². The Morgan fingerprint density at radius 2 is 1.96 bits per heavy atom. The molecule has 0 radical (unpaired) electrons. The third-order valence-corrected chi connectivity index (χ3v) is 4.02. The number of carboxylic acid groups (broad SMARTS) is 1. The van der Waals surface area contributed by atoms with Crippen molar-refractivity contribution in [3.63, 3.8) is 0 Å². The lowest BCUT2D eigenvalue weighted by Crippen LogP contribution is -2.47. The molecule has 1 saturated heterocycles. The number of hydrogen-bond acceptors (Lipinski definition) is 4. The minimum atomic E-state index is -1.03. The minimum Gasteiger partial charge on any atom is -0.481 e. The third-order valence-electron chi connectivity index (χ3n) is 4.02. The molecule has 3 amide bonds. The maximum absolute atomic E-state index is 13.0. The number of nitrogens with one attached hydrogen (secondary N) is 2. The van der Waals surface area contributed by atoms with Gasteiger partial charge in [-0.05, 0) is 31.2 Å². The van der Waals surface area contributed by atoms with Crippen LogP contribution in [0.5, 0.6) is 0 Å². The monoisotopic (exact) mass is 365 g/mol. The highest BCUT2D eigenvalue weighted by Crippen LogP contribution is 2.25. The molecule has 1 aromatic carbocycles. The number of carbonyl (C=O) groups excluding carboxylic acids is 3. The normalized spacial score (nSPS) is 17.7. The molecule has 1 fully saturated rings. The number of carbonyl (C=O) groups is 4. The van der Waals surface area contributed by atoms with Crippen LogP contribution in [0.15, 0.2) is 24.3 Å². The van der Waals surface area contributed by atoms with Crippen LogP contribution in [0.2, 0.25) is 0 Å². The Balaban J connectivity index is 1.88. The molecule has 2 rings (SSSR count). The van der Waals surface area contributed by atoms with Gasteiger partial charge < -0.3 is 20.6 Å². The molecule has 0 saturated carbocycles. The summed E-state index contributed by atoms with van der Waals surface area (Å²) < 4.78 is 13.0. The van der Waals surface area contributed by atoms with E-state index in [2.05, 4.69) is 10.6 Å². The summed E-state index contributed by atoms with van der Waals surface area (Å²) in [7, 11) is 0. The van der Waals surface area contributed by atoms with Gasteiger partial charge in [0.25, 0.3) is 0 Å². The van der Waals surface area contributed by atoms with E-state index in [-0.39, 0.29) is 31.8 Å². The van der Waals surface area contributed by atoms with Crippen LogP contribution in [0, 0.1) is 11.7 Å². The third kappa shape index (κ3) is 5.01. The van der Waals surface area contributed by atoms with Crippen molar-refractivity contribution >= 4 is 29.4 Å². The van der Waals surface area contributed by atoms with Gasteiger partial charge in [0.15, 0.2) is 0 Å². The predicted octanol–water partition coefficient (Wildman–Crippen LogP) is 0.274. The highest BCUT2D eigenvalue weighted by Gasteiger charge is 2.36. The lowest BCUT2D eigenvalue weighted by Gasteiger charge is -2.18. The summed E-state index contributed by atoms with van der Waals surface area (Å²) in [6.45, 7) is 1.58. The molecule has 0 bridgehead atoms. The average Bonchev–Trinajstić information content (AvgIpc) is 2.97. The highest BCUT2D eigenvalue weighted by atomic mass is 19.1. The predicted molar refractivity (Wildman–Crippen MR) is 89.7 cm³/mol. The first-order chi connectivity index (χ1) is 12.3. The van der Waals surface area contributed by atoms with E-state index in [0.29, 0.717) is 5.69 Å². The van der Waals surface area contributed by atoms with E-state index < -0.39 is 35.6 Å². The SMILES string of the molecule is C[C@@H](NC(=O)C1CC(=O)N(c2ccc(F)cc2)C1)C(=O)NCCC(=O)O. The number of amides is 3. The van der Waals surface area contributed by atoms with E-state index in [4.69, 9.17) is 5.11 Å². The molecule has 9 heteroatoms. The Morgan fingerprint density at radius 3 is 2.58 bits per heavy atom. The molecule has 1 aliphatic rings. The van der Waals surface area contributed by atoms with Gasteiger partial charge in [0.2, 0.25) is 17.7 Å². The fraction of sp³-hybridized carbons (Fsp3) is 0.412. The Labute approximate surface area is 149 Å². The lowest BCUT2D eigenvalue weighted by atomic mass is 10.1. The summed E-state index contributed by atoms with van der Waals surface area (Å²) in [6, 6.07) is 4.54. The van der Waals surface area contributed by atoms with Crippen LogP contribution in [-0.4, -0.2) is 47.9 Å². The van der Waals surface area contributed by atoms with Gasteiger partial charge in [0.05, 0.1) is 12.3 Å². The Morgan fingerprint density at radius 1 is 1.31 bits per heavy atom. The summed E-state index contributed by atoms with van der Waals surface area (Å²) in [4.78, 5) is 48.1. The van der Waals surface area contributed by atoms with Crippen molar-refractivity contribution in [2.24, 2.45) is 5.92 Å². The fourth-order valence-electron chi connectivity index (χ4n) is 2.60. The molecule has 0 spiro atoms. The summed E-state index contributed by atoms with van der Waals surface area (Å²) in [5.74, 6) is -3.27. The van der Waals surface area contributed by atoms with Crippen molar-refractivity contribution in [3.8, 4) is 0 Å². The van der Waals surface area contributed by atoms with Gasteiger partial charge in [0.1, 0.15) is 11.9 Å². The molecule has 1 aromatic rings. The van der Waals surface area contributed by atoms with Crippen LogP contribution in [0.1, 0.15) is 19.8 Å². The maximum atomic E-state index is 13.0. The molecule has 0 aliphatic carbocycles. The van der Waals surface area contributed by atoms with Crippen molar-refractivity contribution in [1.82, 2.24) is 10.6 Å². The number of carboxylic acids is 1. The topological polar surface area (TPSA) is 116 Å². The molecule has 140 valence electrons. The van der Waals surface area contributed by atoms with E-state index in [9.17, 15) is 23.6 Å². The van der Waals surface area contributed by atoms with Gasteiger partial charge >= 0.3 is 5.97 Å². The summed E-state index contributed by atoms with van der Waals surface area (Å²) in [5.41, 5.74) is 0.506. The second-order valence-corrected chi connectivity index (χ2v) is 6.05. The van der Waals surface area contributed by atoms with E-state index in [0.717, 1.165) is 0 Å². The second kappa shape index (κ2) is 8.41. The summed E-state index contributed by atoms with van der Waals surface area (Å²) >= 11 is 0. The highest BCUT2D eigenvalue weighted by molar-refractivity contribution is 6.01. The van der Waals surface area contributed by atoms with Gasteiger partial charge in [-0.1, -0.05) is 0 Å². The number of hydrogen-bond donors (Lipinski definition) is 3. The molecule has 1 heterocycles. The number of benzene rings is 1. The van der Waals surface area contributed by atoms with Crippen LogP contribution < -0.4 is 15.5 Å². The zero-order chi connectivity index (χ0) is 19.3. The Hall–Kier alpha value is -2.97. The minimum absolute atomic E-state index is 0.00341. The van der Waals surface area contributed by atoms with Crippen LogP contribution in [0.3, 0.4) is 0 Å². The van der Waals surface area contributed by atoms with Gasteiger partial charge in [-0.3, -0.25) is 19.2 Å². The number of aliphatic carboxylic acids is 1. The van der Waals surface area contributed by atoms with Gasteiger partial charge in [-0.25, -0.2) is 4.39 Å². The van der Waals surface area contributed by atoms with Crippen molar-refractivity contribution in [2.75, 3.05) is 18.0 Å². The largest absolute Gasteiger partial charge is 0.481 e. The smallest absolute Gasteiger partial charge is 0.305 e. The van der Waals surface area contributed by atoms with E-state index in [1.165, 1.54) is 36.1 Å².